The summed E-state index contributed by atoms with van der Waals surface area (Å²) in [5, 5.41) is 0. The van der Waals surface area contributed by atoms with E-state index in [4.69, 9.17) is 0 Å². The molecule has 2 heterocycles. The Kier molecular flexibility index (Phi) is 7.28. The Morgan fingerprint density at radius 1 is 0.794 bits per heavy atom. The minimum absolute atomic E-state index is 0.0183. The molecule has 0 bridgehead atoms. The minimum atomic E-state index is -0.480. The molecule has 0 spiro atoms. The second-order valence-electron chi connectivity index (χ2n) is 8.96. The quantitative estimate of drug-likeness (QED) is 0.510. The van der Waals surface area contributed by atoms with Crippen molar-refractivity contribution in [3.8, 4) is 0 Å². The van der Waals surface area contributed by atoms with Gasteiger partial charge in [-0.2, -0.15) is 0 Å². The molecule has 4 rings (SSSR count). The van der Waals surface area contributed by atoms with Gasteiger partial charge in [0.1, 0.15) is 0 Å². The van der Waals surface area contributed by atoms with E-state index in [0.29, 0.717) is 24.2 Å². The van der Waals surface area contributed by atoms with E-state index in [-0.39, 0.29) is 29.9 Å². The van der Waals surface area contributed by atoms with Crippen LogP contribution < -0.4 is 0 Å². The number of aromatic nitrogens is 1. The fourth-order valence-electron chi connectivity index (χ4n) is 4.78. The first-order chi connectivity index (χ1) is 16.5. The van der Waals surface area contributed by atoms with Gasteiger partial charge in [-0.1, -0.05) is 60.7 Å². The number of nitrogens with zero attached hydrogens (tertiary/aromatic N) is 3. The highest BCUT2D eigenvalue weighted by atomic mass is 16.2. The number of carbonyl (C=O) groups excluding carboxylic acids is 3. The predicted octanol–water partition coefficient (Wildman–Crippen LogP) is 3.57. The number of piperidine rings is 1. The molecule has 3 atom stereocenters. The Labute approximate surface area is 200 Å². The predicted molar refractivity (Wildman–Crippen MR) is 131 cm³/mol. The van der Waals surface area contributed by atoms with Gasteiger partial charge in [0.05, 0.1) is 6.54 Å². The van der Waals surface area contributed by atoms with Gasteiger partial charge in [-0.15, -0.1) is 0 Å². The number of likely N-dealkylation sites (N-methyl/N-ethyl adjacent to an activating group) is 1. The lowest BCUT2D eigenvalue weighted by Crippen LogP contribution is -2.52. The summed E-state index contributed by atoms with van der Waals surface area (Å²) >= 11 is 0. The maximum atomic E-state index is 13.8. The molecule has 1 unspecified atom stereocenters. The van der Waals surface area contributed by atoms with Gasteiger partial charge in [0.2, 0.25) is 5.91 Å². The van der Waals surface area contributed by atoms with Crippen LogP contribution in [0.15, 0.2) is 85.2 Å². The summed E-state index contributed by atoms with van der Waals surface area (Å²) in [7, 11) is 3.43. The monoisotopic (exact) mass is 455 g/mol. The van der Waals surface area contributed by atoms with Gasteiger partial charge in [-0.25, -0.2) is 0 Å². The van der Waals surface area contributed by atoms with Crippen LogP contribution in [0.4, 0.5) is 0 Å². The van der Waals surface area contributed by atoms with E-state index >= 15 is 0 Å². The molecule has 1 aliphatic heterocycles. The van der Waals surface area contributed by atoms with E-state index in [0.717, 1.165) is 5.56 Å². The van der Waals surface area contributed by atoms with Crippen molar-refractivity contribution in [2.24, 2.45) is 11.8 Å². The first-order valence-electron chi connectivity index (χ1n) is 11.5. The van der Waals surface area contributed by atoms with Crippen molar-refractivity contribution >= 4 is 17.5 Å². The molecule has 1 saturated heterocycles. The Balaban J connectivity index is 1.78. The molecular formula is C28H29N3O3. The van der Waals surface area contributed by atoms with Crippen molar-refractivity contribution in [1.29, 1.82) is 0 Å². The molecule has 0 saturated carbocycles. The summed E-state index contributed by atoms with van der Waals surface area (Å²) in [5.74, 6) is -1.38. The van der Waals surface area contributed by atoms with Crippen LogP contribution in [0, 0.1) is 11.8 Å². The number of carbonyl (C=O) groups is 3. The fraction of sp³-hybridized carbons (Fsp3) is 0.286. The fourth-order valence-corrected chi connectivity index (χ4v) is 4.78. The Morgan fingerprint density at radius 2 is 1.26 bits per heavy atom. The third-order valence-corrected chi connectivity index (χ3v) is 6.52. The highest BCUT2D eigenvalue weighted by molar-refractivity contribution is 6.02. The lowest BCUT2D eigenvalue weighted by atomic mass is 9.69. The molecule has 1 aromatic heterocycles. The maximum Gasteiger partial charge on any atom is 0.236 e. The van der Waals surface area contributed by atoms with E-state index in [1.807, 2.05) is 77.7 Å². The summed E-state index contributed by atoms with van der Waals surface area (Å²) in [6.45, 7) is 0.963. The normalized spacial score (nSPS) is 20.5. The van der Waals surface area contributed by atoms with Crippen molar-refractivity contribution in [3.63, 3.8) is 0 Å². The van der Waals surface area contributed by atoms with E-state index in [2.05, 4.69) is 4.98 Å². The van der Waals surface area contributed by atoms with Crippen LogP contribution in [0.1, 0.15) is 32.2 Å². The largest absolute Gasteiger partial charge is 0.348 e. The van der Waals surface area contributed by atoms with Crippen LogP contribution in [-0.2, 0) is 4.79 Å². The van der Waals surface area contributed by atoms with Gasteiger partial charge >= 0.3 is 0 Å². The summed E-state index contributed by atoms with van der Waals surface area (Å²) in [6.07, 6.45) is 3.40. The first kappa shape index (κ1) is 23.5. The lowest BCUT2D eigenvalue weighted by molar-refractivity contribution is -0.130. The van der Waals surface area contributed by atoms with Crippen molar-refractivity contribution in [2.45, 2.75) is 5.92 Å². The molecule has 6 nitrogen and oxygen atoms in total. The standard InChI is InChI=1S/C28H29N3O3/c1-30(2)25(32)19-31-17-23(27(33)21-9-5-3-6-10-21)26(20-13-15-29-16-14-20)24(18-31)28(34)22-11-7-4-8-12-22/h3-16,23-24,26H,17-19H2,1-2H3/t23-,24+,26?. The molecule has 0 radical (unpaired) electrons. The number of ketones is 2. The second kappa shape index (κ2) is 10.5. The summed E-state index contributed by atoms with van der Waals surface area (Å²) < 4.78 is 0. The van der Waals surface area contributed by atoms with Gasteiger partial charge < -0.3 is 4.90 Å². The van der Waals surface area contributed by atoms with E-state index in [1.54, 1.807) is 26.5 Å². The van der Waals surface area contributed by atoms with Crippen LogP contribution in [0.25, 0.3) is 0 Å². The molecule has 174 valence electrons. The third-order valence-electron chi connectivity index (χ3n) is 6.52. The van der Waals surface area contributed by atoms with Crippen LogP contribution >= 0.6 is 0 Å². The molecule has 0 aliphatic carbocycles. The molecule has 1 fully saturated rings. The van der Waals surface area contributed by atoms with Gasteiger partial charge in [0.15, 0.2) is 11.6 Å². The van der Waals surface area contributed by atoms with Crippen LogP contribution in [0.3, 0.4) is 0 Å². The Hall–Kier alpha value is -3.64. The Morgan fingerprint density at radius 3 is 1.71 bits per heavy atom. The average Bonchev–Trinajstić information content (AvgIpc) is 2.88. The average molecular weight is 456 g/mol. The lowest BCUT2D eigenvalue weighted by Gasteiger charge is -2.43. The van der Waals surface area contributed by atoms with Crippen molar-refractivity contribution in [2.75, 3.05) is 33.7 Å². The third kappa shape index (κ3) is 5.13. The number of benzene rings is 2. The number of hydrogen-bond acceptors (Lipinski definition) is 5. The second-order valence-corrected chi connectivity index (χ2v) is 8.96. The zero-order chi connectivity index (χ0) is 24.1. The molecule has 1 aliphatic rings. The topological polar surface area (TPSA) is 70.6 Å². The van der Waals surface area contributed by atoms with E-state index in [1.165, 1.54) is 4.90 Å². The number of hydrogen-bond donors (Lipinski definition) is 0. The molecule has 1 amide bonds. The van der Waals surface area contributed by atoms with Crippen LogP contribution in [0.2, 0.25) is 0 Å². The van der Waals surface area contributed by atoms with Crippen molar-refractivity contribution in [1.82, 2.24) is 14.8 Å². The molecule has 2 aromatic carbocycles. The van der Waals surface area contributed by atoms with Crippen molar-refractivity contribution in [3.05, 3.63) is 102 Å². The molecule has 34 heavy (non-hydrogen) atoms. The zero-order valence-corrected chi connectivity index (χ0v) is 19.5. The summed E-state index contributed by atoms with van der Waals surface area (Å²) in [5.41, 5.74) is 2.13. The van der Waals surface area contributed by atoms with Gasteiger partial charge in [-0.3, -0.25) is 24.3 Å². The van der Waals surface area contributed by atoms with Crippen LogP contribution in [0.5, 0.6) is 0 Å². The SMILES string of the molecule is CN(C)C(=O)CN1C[C@H](C(=O)c2ccccc2)C(c2ccncc2)[C@H](C(=O)c2ccccc2)C1. The summed E-state index contributed by atoms with van der Waals surface area (Å²) in [6, 6.07) is 22.2. The Bertz CT molecular complexity index is 1070. The number of likely N-dealkylation sites (tertiary alicyclic amines) is 1. The highest BCUT2D eigenvalue weighted by Crippen LogP contribution is 2.40. The van der Waals surface area contributed by atoms with Crippen molar-refractivity contribution < 1.29 is 14.4 Å². The number of rotatable bonds is 7. The van der Waals surface area contributed by atoms with Crippen LogP contribution in [-0.4, -0.2) is 66.0 Å². The van der Waals surface area contributed by atoms with Gasteiger partial charge in [0, 0.05) is 68.5 Å². The van der Waals surface area contributed by atoms with E-state index in [9.17, 15) is 14.4 Å². The first-order valence-corrected chi connectivity index (χ1v) is 11.5. The number of pyridine rings is 1. The van der Waals surface area contributed by atoms with E-state index < -0.39 is 11.8 Å². The number of Topliss-reactive ketones (excluding diaryl/α,β-unsaturated/α-hetero) is 2. The number of amides is 1. The highest BCUT2D eigenvalue weighted by Gasteiger charge is 2.45. The molecule has 0 N–H and O–H groups in total. The smallest absolute Gasteiger partial charge is 0.236 e. The van der Waals surface area contributed by atoms with Gasteiger partial charge in [-0.05, 0) is 17.7 Å². The summed E-state index contributed by atoms with van der Waals surface area (Å²) in [4.78, 5) is 47.8. The zero-order valence-electron chi connectivity index (χ0n) is 19.5. The molecule has 3 aromatic rings. The maximum absolute atomic E-state index is 13.8. The molecular weight excluding hydrogens is 426 g/mol. The minimum Gasteiger partial charge on any atom is -0.348 e. The van der Waals surface area contributed by atoms with Gasteiger partial charge in [0.25, 0.3) is 0 Å². The molecule has 6 heteroatoms.